The van der Waals surface area contributed by atoms with E-state index in [-0.39, 0.29) is 26.1 Å². The molecule has 2 saturated heterocycles. The Morgan fingerprint density at radius 3 is 2.21 bits per heavy atom. The summed E-state index contributed by atoms with van der Waals surface area (Å²) in [7, 11) is -15.1. The molecule has 0 radical (unpaired) electrons. The average Bonchev–Trinajstić information content (AvgIpc) is 2.60. The smallest absolute Gasteiger partial charge is 0.397 e. The molecule has 33 heavy (non-hydrogen) atoms. The molecule has 2 heterocycles. The van der Waals surface area contributed by atoms with Crippen LogP contribution in [0.3, 0.4) is 0 Å². The summed E-state index contributed by atoms with van der Waals surface area (Å²) >= 11 is 0. The fourth-order valence-corrected chi connectivity index (χ4v) is 5.31. The Morgan fingerprint density at radius 1 is 1.06 bits per heavy atom. The molecule has 6 N–H and O–H groups in total. The number of carboxylic acids is 1. The summed E-state index contributed by atoms with van der Waals surface area (Å²) in [4.78, 5) is 12.7. The van der Waals surface area contributed by atoms with Crippen molar-refractivity contribution in [1.82, 2.24) is 9.62 Å². The fraction of sp³-hybridized carbons (Fsp3) is 0.923. The third kappa shape index (κ3) is 9.62. The molecule has 2 fully saturated rings. The van der Waals surface area contributed by atoms with E-state index < -0.39 is 86.5 Å². The summed E-state index contributed by atoms with van der Waals surface area (Å²) in [5.41, 5.74) is 0. The van der Waals surface area contributed by atoms with E-state index in [1.54, 1.807) is 4.72 Å². The summed E-state index contributed by atoms with van der Waals surface area (Å²) in [5, 5.41) is 19.3. The normalized spacial score (nSPS) is 32.5. The highest BCUT2D eigenvalue weighted by Gasteiger charge is 2.46. The maximum absolute atomic E-state index is 11.4. The number of likely N-dealkylation sites (tertiary alicyclic amines) is 1. The predicted molar refractivity (Wildman–Crippen MR) is 104 cm³/mol. The quantitative estimate of drug-likeness (QED) is 0.146. The first-order chi connectivity index (χ1) is 14.9. The lowest BCUT2D eigenvalue weighted by Gasteiger charge is -2.44. The van der Waals surface area contributed by atoms with E-state index in [1.807, 2.05) is 0 Å². The van der Waals surface area contributed by atoms with Crippen LogP contribution in [0.4, 0.5) is 0 Å². The molecule has 6 atom stereocenters. The Balaban J connectivity index is 2.38. The highest BCUT2D eigenvalue weighted by atomic mass is 32.3. The van der Waals surface area contributed by atoms with E-state index in [0.29, 0.717) is 0 Å². The van der Waals surface area contributed by atoms with Gasteiger partial charge in [0.15, 0.2) is 0 Å². The maximum atomic E-state index is 11.4. The molecule has 0 aromatic heterocycles. The van der Waals surface area contributed by atoms with E-state index >= 15 is 0 Å². The van der Waals surface area contributed by atoms with Gasteiger partial charge in [0.2, 0.25) is 0 Å². The number of ether oxygens (including phenoxy) is 1. The Morgan fingerprint density at radius 2 is 1.70 bits per heavy atom. The van der Waals surface area contributed by atoms with Gasteiger partial charge in [-0.1, -0.05) is 0 Å². The molecule has 0 aliphatic carbocycles. The van der Waals surface area contributed by atoms with E-state index in [0.717, 1.165) is 0 Å². The van der Waals surface area contributed by atoms with Crippen molar-refractivity contribution < 1.29 is 67.0 Å². The minimum atomic E-state index is -5.23. The molecule has 194 valence electrons. The molecule has 2 aliphatic heterocycles. The van der Waals surface area contributed by atoms with Crippen LogP contribution in [0.25, 0.3) is 0 Å². The molecule has 2 aliphatic rings. The van der Waals surface area contributed by atoms with Crippen molar-refractivity contribution in [2.75, 3.05) is 32.8 Å². The van der Waals surface area contributed by atoms with Crippen molar-refractivity contribution in [2.24, 2.45) is 11.8 Å². The van der Waals surface area contributed by atoms with Gasteiger partial charge in [0.05, 0.1) is 37.4 Å². The van der Waals surface area contributed by atoms with Gasteiger partial charge in [-0.25, -0.2) is 8.37 Å². The van der Waals surface area contributed by atoms with E-state index in [9.17, 15) is 44.8 Å². The van der Waals surface area contributed by atoms with Gasteiger partial charge in [0.1, 0.15) is 6.10 Å². The second-order valence-corrected chi connectivity index (χ2v) is 10.9. The number of aliphatic hydroxyl groups excluding tert-OH is 1. The Bertz CT molecular complexity index is 1010. The molecule has 0 spiro atoms. The number of aliphatic hydroxyl groups is 1. The summed E-state index contributed by atoms with van der Waals surface area (Å²) in [5.74, 6) is -3.58. The summed E-state index contributed by atoms with van der Waals surface area (Å²) in [6, 6.07) is -1.61. The van der Waals surface area contributed by atoms with Crippen molar-refractivity contribution in [3.63, 3.8) is 0 Å². The molecule has 0 aromatic rings. The van der Waals surface area contributed by atoms with Crippen LogP contribution < -0.4 is 4.72 Å². The van der Waals surface area contributed by atoms with Crippen molar-refractivity contribution >= 4 is 37.1 Å². The zero-order valence-electron chi connectivity index (χ0n) is 16.7. The minimum Gasteiger partial charge on any atom is -0.481 e. The molecular formula is C13H24N2O15S3. The summed E-state index contributed by atoms with van der Waals surface area (Å²) in [6.07, 6.45) is -4.36. The molecule has 0 bridgehead atoms. The Labute approximate surface area is 189 Å². The molecule has 0 aromatic carbocycles. The van der Waals surface area contributed by atoms with Gasteiger partial charge >= 0.3 is 37.1 Å². The van der Waals surface area contributed by atoms with Crippen molar-refractivity contribution in [3.8, 4) is 0 Å². The first-order valence-corrected chi connectivity index (χ1v) is 13.4. The van der Waals surface area contributed by atoms with Gasteiger partial charge in [-0.3, -0.25) is 23.4 Å². The standard InChI is InChI=1S/C13H24N2O15S3/c16-8-1-7(13(17)18)2-15(3-8)4-9-11(6-29-32(22,23)24)28-5-10(14-31(19,20)21)12(9)30-33(25,26)27/h7-12,14,16H,1-6H2,(H,17,18)(H,19,20,21)(H,22,23,24)(H,25,26,27)/t7?,8-,9-,10?,11?,12-/m0/s1. The lowest BCUT2D eigenvalue weighted by Crippen LogP contribution is -2.62. The largest absolute Gasteiger partial charge is 0.481 e. The number of β-amino-alcohol motifs (C(OH)–C–C–N with tert-alkyl or cyclic N) is 1. The Kier molecular flexibility index (Phi) is 9.14. The number of carbonyl (C=O) groups is 1. The van der Waals surface area contributed by atoms with Gasteiger partial charge in [-0.2, -0.15) is 30.0 Å². The second kappa shape index (κ2) is 10.7. The predicted octanol–water partition coefficient (Wildman–Crippen LogP) is -3.46. The van der Waals surface area contributed by atoms with Gasteiger partial charge < -0.3 is 14.9 Å². The van der Waals surface area contributed by atoms with Crippen LogP contribution in [0, 0.1) is 11.8 Å². The first-order valence-electron chi connectivity index (χ1n) is 9.20. The highest BCUT2D eigenvalue weighted by molar-refractivity contribution is 7.83. The van der Waals surface area contributed by atoms with Crippen LogP contribution >= 0.6 is 0 Å². The molecule has 3 unspecified atom stereocenters. The van der Waals surface area contributed by atoms with Crippen molar-refractivity contribution in [1.29, 1.82) is 0 Å². The van der Waals surface area contributed by atoms with Crippen molar-refractivity contribution in [3.05, 3.63) is 0 Å². The molecule has 2 rings (SSSR count). The van der Waals surface area contributed by atoms with Crippen LogP contribution in [-0.4, -0.2) is 117 Å². The minimum absolute atomic E-state index is 0.0693. The summed E-state index contributed by atoms with van der Waals surface area (Å²) in [6.45, 7) is -2.17. The van der Waals surface area contributed by atoms with Crippen LogP contribution in [-0.2, 0) is 49.0 Å². The number of hydrogen-bond donors (Lipinski definition) is 6. The van der Waals surface area contributed by atoms with Crippen molar-refractivity contribution in [2.45, 2.75) is 30.8 Å². The van der Waals surface area contributed by atoms with E-state index in [1.165, 1.54) is 4.90 Å². The zero-order valence-corrected chi connectivity index (χ0v) is 19.1. The second-order valence-electron chi connectivity index (χ2n) is 7.58. The monoisotopic (exact) mass is 544 g/mol. The molecule has 0 amide bonds. The molecule has 20 heteroatoms. The van der Waals surface area contributed by atoms with E-state index in [2.05, 4.69) is 8.37 Å². The van der Waals surface area contributed by atoms with Gasteiger partial charge in [-0.15, -0.1) is 0 Å². The SMILES string of the molecule is O=C(O)C1C[C@H](O)CN(C[C@H]2C(COS(=O)(=O)O)OCC(NS(=O)(=O)O)[C@H]2OS(=O)(=O)O)C1. The van der Waals surface area contributed by atoms with E-state index in [4.69, 9.17) is 13.8 Å². The molecule has 17 nitrogen and oxygen atoms in total. The zero-order chi connectivity index (χ0) is 25.2. The first kappa shape index (κ1) is 28.2. The van der Waals surface area contributed by atoms with Gasteiger partial charge in [0.25, 0.3) is 0 Å². The number of nitrogens with zero attached hydrogens (tertiary/aromatic N) is 1. The third-order valence-electron chi connectivity index (χ3n) is 5.02. The highest BCUT2D eigenvalue weighted by Crippen LogP contribution is 2.29. The number of carboxylic acid groups (broad SMARTS) is 1. The molecular weight excluding hydrogens is 520 g/mol. The number of rotatable bonds is 10. The number of hydrogen-bond acceptors (Lipinski definition) is 12. The number of piperidine rings is 1. The number of nitrogens with one attached hydrogen (secondary N) is 1. The maximum Gasteiger partial charge on any atom is 0.397 e. The van der Waals surface area contributed by atoms with Crippen LogP contribution in [0.5, 0.6) is 0 Å². The number of aliphatic carboxylic acids is 1. The van der Waals surface area contributed by atoms with Crippen LogP contribution in [0.1, 0.15) is 6.42 Å². The lowest BCUT2D eigenvalue weighted by molar-refractivity contribution is -0.147. The third-order valence-corrected chi connectivity index (χ3v) is 6.52. The van der Waals surface area contributed by atoms with Gasteiger partial charge in [-0.05, 0) is 6.42 Å². The molecule has 0 saturated carbocycles. The van der Waals surface area contributed by atoms with Crippen LogP contribution in [0.15, 0.2) is 0 Å². The fourth-order valence-electron chi connectivity index (χ4n) is 3.86. The summed E-state index contributed by atoms with van der Waals surface area (Å²) < 4.78 is 110. The Hall–Kier alpha value is -1.04. The van der Waals surface area contributed by atoms with Gasteiger partial charge in [0, 0.05) is 25.6 Å². The lowest BCUT2D eigenvalue weighted by atomic mass is 9.87. The topological polar surface area (TPSA) is 264 Å². The van der Waals surface area contributed by atoms with Crippen LogP contribution in [0.2, 0.25) is 0 Å². The average molecular weight is 545 g/mol.